The lowest BCUT2D eigenvalue weighted by Crippen LogP contribution is -2.05. The second kappa shape index (κ2) is 2.96. The van der Waals surface area contributed by atoms with Gasteiger partial charge in [-0.15, -0.1) is 0 Å². The number of nitrogens with zero attached hydrogens (tertiary/aromatic N) is 1. The average molecular weight is 199 g/mol. The van der Waals surface area contributed by atoms with Gasteiger partial charge in [-0.2, -0.15) is 0 Å². The monoisotopic (exact) mass is 199 g/mol. The van der Waals surface area contributed by atoms with Gasteiger partial charge in [0, 0.05) is 23.7 Å². The van der Waals surface area contributed by atoms with Crippen LogP contribution in [0.1, 0.15) is 29.3 Å². The molecular weight excluding hydrogens is 186 g/mol. The fourth-order valence-corrected chi connectivity index (χ4v) is 2.54. The smallest absolute Gasteiger partial charge is 0.161 e. The third-order valence-corrected chi connectivity index (χ3v) is 3.21. The second-order valence-electron chi connectivity index (χ2n) is 4.21. The molecule has 2 heterocycles. The van der Waals surface area contributed by atoms with E-state index in [1.54, 1.807) is 6.92 Å². The van der Waals surface area contributed by atoms with E-state index >= 15 is 0 Å². The van der Waals surface area contributed by atoms with E-state index in [0.29, 0.717) is 0 Å². The third-order valence-electron chi connectivity index (χ3n) is 3.21. The number of para-hydroxylation sites is 1. The molecule has 0 amide bonds. The van der Waals surface area contributed by atoms with Crippen LogP contribution in [-0.4, -0.2) is 10.4 Å². The maximum atomic E-state index is 11.5. The summed E-state index contributed by atoms with van der Waals surface area (Å²) < 4.78 is 2.23. The standard InChI is InChI=1S/C13H13NO/c1-9(15)12-8-14-7-3-5-10-4-2-6-11(12)13(10)14/h2,4,6,8H,3,5,7H2,1H3. The molecule has 2 heteroatoms. The number of Topliss-reactive ketones (excluding diaryl/α,β-unsaturated/α-hetero) is 1. The van der Waals surface area contributed by atoms with Crippen LogP contribution < -0.4 is 0 Å². The second-order valence-corrected chi connectivity index (χ2v) is 4.21. The Balaban J connectivity index is 2.43. The van der Waals surface area contributed by atoms with E-state index in [1.807, 2.05) is 6.20 Å². The molecule has 15 heavy (non-hydrogen) atoms. The SMILES string of the molecule is CC(=O)c1cn2c3c(cccc13)CCC2. The minimum Gasteiger partial charge on any atom is -0.346 e. The summed E-state index contributed by atoms with van der Waals surface area (Å²) in [5, 5.41) is 1.12. The highest BCUT2D eigenvalue weighted by atomic mass is 16.1. The zero-order chi connectivity index (χ0) is 10.4. The molecule has 0 saturated heterocycles. The molecule has 1 aliphatic heterocycles. The number of carbonyl (C=O) groups is 1. The summed E-state index contributed by atoms with van der Waals surface area (Å²) in [7, 11) is 0. The number of carbonyl (C=O) groups excluding carboxylic acids is 1. The van der Waals surface area contributed by atoms with Crippen LogP contribution in [0.15, 0.2) is 24.4 Å². The van der Waals surface area contributed by atoms with Crippen molar-refractivity contribution in [1.82, 2.24) is 4.57 Å². The maximum Gasteiger partial charge on any atom is 0.161 e. The van der Waals surface area contributed by atoms with E-state index in [0.717, 1.165) is 23.9 Å². The van der Waals surface area contributed by atoms with Crippen LogP contribution in [0.4, 0.5) is 0 Å². The van der Waals surface area contributed by atoms with Gasteiger partial charge in [-0.25, -0.2) is 0 Å². The Hall–Kier alpha value is -1.57. The Morgan fingerprint density at radius 2 is 2.27 bits per heavy atom. The minimum absolute atomic E-state index is 0.165. The first kappa shape index (κ1) is 8.72. The number of ketones is 1. The van der Waals surface area contributed by atoms with Gasteiger partial charge in [0.15, 0.2) is 5.78 Å². The number of hydrogen-bond donors (Lipinski definition) is 0. The summed E-state index contributed by atoms with van der Waals surface area (Å²) in [6, 6.07) is 6.28. The number of aryl methyl sites for hydroxylation is 2. The fraction of sp³-hybridized carbons (Fsp3) is 0.308. The predicted octanol–water partition coefficient (Wildman–Crippen LogP) is 2.79. The van der Waals surface area contributed by atoms with Crippen molar-refractivity contribution in [3.05, 3.63) is 35.5 Å². The van der Waals surface area contributed by atoms with E-state index in [9.17, 15) is 4.79 Å². The van der Waals surface area contributed by atoms with Gasteiger partial charge in [0.2, 0.25) is 0 Å². The Kier molecular flexibility index (Phi) is 1.72. The molecule has 2 aromatic rings. The van der Waals surface area contributed by atoms with Gasteiger partial charge in [0.05, 0.1) is 5.52 Å². The lowest BCUT2D eigenvalue weighted by Gasteiger charge is -2.14. The van der Waals surface area contributed by atoms with Crippen LogP contribution in [0.2, 0.25) is 0 Å². The van der Waals surface area contributed by atoms with Gasteiger partial charge < -0.3 is 4.57 Å². The molecule has 0 N–H and O–H groups in total. The van der Waals surface area contributed by atoms with Crippen molar-refractivity contribution in [1.29, 1.82) is 0 Å². The highest BCUT2D eigenvalue weighted by Crippen LogP contribution is 2.29. The topological polar surface area (TPSA) is 22.0 Å². The molecule has 3 rings (SSSR count). The highest BCUT2D eigenvalue weighted by molar-refractivity contribution is 6.07. The van der Waals surface area contributed by atoms with Gasteiger partial charge in [-0.1, -0.05) is 18.2 Å². The largest absolute Gasteiger partial charge is 0.346 e. The molecule has 0 aliphatic carbocycles. The van der Waals surface area contributed by atoms with Crippen molar-refractivity contribution in [2.75, 3.05) is 0 Å². The molecule has 2 nitrogen and oxygen atoms in total. The van der Waals surface area contributed by atoms with Crippen LogP contribution in [-0.2, 0) is 13.0 Å². The molecule has 0 saturated carbocycles. The van der Waals surface area contributed by atoms with E-state index in [1.165, 1.54) is 17.5 Å². The van der Waals surface area contributed by atoms with Crippen LogP contribution in [0, 0.1) is 0 Å². The summed E-state index contributed by atoms with van der Waals surface area (Å²) >= 11 is 0. The van der Waals surface area contributed by atoms with Crippen LogP contribution in [0.3, 0.4) is 0 Å². The first-order chi connectivity index (χ1) is 7.27. The molecule has 1 aliphatic rings. The Labute approximate surface area is 88.5 Å². The predicted molar refractivity (Wildman–Crippen MR) is 60.3 cm³/mol. The molecule has 0 fully saturated rings. The molecule has 76 valence electrons. The number of hydrogen-bond acceptors (Lipinski definition) is 1. The molecule has 0 spiro atoms. The molecule has 0 bridgehead atoms. The van der Waals surface area contributed by atoms with Gasteiger partial charge in [0.25, 0.3) is 0 Å². The van der Waals surface area contributed by atoms with Gasteiger partial charge in [0.1, 0.15) is 0 Å². The van der Waals surface area contributed by atoms with Crippen molar-refractivity contribution in [3.8, 4) is 0 Å². The summed E-state index contributed by atoms with van der Waals surface area (Å²) in [4.78, 5) is 11.5. The lowest BCUT2D eigenvalue weighted by molar-refractivity contribution is 0.101. The first-order valence-corrected chi connectivity index (χ1v) is 5.39. The van der Waals surface area contributed by atoms with Crippen molar-refractivity contribution in [3.63, 3.8) is 0 Å². The normalized spacial score (nSPS) is 14.5. The minimum atomic E-state index is 0.165. The number of benzene rings is 1. The first-order valence-electron chi connectivity index (χ1n) is 5.39. The van der Waals surface area contributed by atoms with E-state index in [-0.39, 0.29) is 5.78 Å². The average Bonchev–Trinajstić information content (AvgIpc) is 2.61. The molecule has 1 aromatic heterocycles. The Morgan fingerprint density at radius 3 is 3.07 bits per heavy atom. The molecule has 0 unspecified atom stereocenters. The third kappa shape index (κ3) is 1.14. The van der Waals surface area contributed by atoms with Gasteiger partial charge in [-0.05, 0) is 25.3 Å². The fourth-order valence-electron chi connectivity index (χ4n) is 2.54. The van der Waals surface area contributed by atoms with Crippen molar-refractivity contribution in [2.24, 2.45) is 0 Å². The van der Waals surface area contributed by atoms with E-state index < -0.39 is 0 Å². The molecular formula is C13H13NO. The molecule has 0 atom stereocenters. The van der Waals surface area contributed by atoms with Crippen LogP contribution >= 0.6 is 0 Å². The number of aromatic nitrogens is 1. The van der Waals surface area contributed by atoms with Crippen molar-refractivity contribution < 1.29 is 4.79 Å². The van der Waals surface area contributed by atoms with Gasteiger partial charge in [-0.3, -0.25) is 4.79 Å². The van der Waals surface area contributed by atoms with Crippen molar-refractivity contribution >= 4 is 16.7 Å². The van der Waals surface area contributed by atoms with Crippen LogP contribution in [0.5, 0.6) is 0 Å². The molecule has 0 radical (unpaired) electrons. The number of rotatable bonds is 1. The highest BCUT2D eigenvalue weighted by Gasteiger charge is 2.17. The summed E-state index contributed by atoms with van der Waals surface area (Å²) in [6.45, 7) is 2.68. The summed E-state index contributed by atoms with van der Waals surface area (Å²) in [6.07, 6.45) is 4.33. The van der Waals surface area contributed by atoms with Crippen LogP contribution in [0.25, 0.3) is 10.9 Å². The Morgan fingerprint density at radius 1 is 1.40 bits per heavy atom. The van der Waals surface area contributed by atoms with Gasteiger partial charge >= 0.3 is 0 Å². The zero-order valence-electron chi connectivity index (χ0n) is 8.79. The lowest BCUT2D eigenvalue weighted by atomic mass is 10.0. The maximum absolute atomic E-state index is 11.5. The van der Waals surface area contributed by atoms with E-state index in [4.69, 9.17) is 0 Å². The Bertz CT molecular complexity index is 551. The molecule has 1 aromatic carbocycles. The zero-order valence-corrected chi connectivity index (χ0v) is 8.79. The summed E-state index contributed by atoms with van der Waals surface area (Å²) in [5.74, 6) is 0.165. The quantitative estimate of drug-likeness (QED) is 0.647. The van der Waals surface area contributed by atoms with Crippen molar-refractivity contribution in [2.45, 2.75) is 26.3 Å². The van der Waals surface area contributed by atoms with E-state index in [2.05, 4.69) is 22.8 Å². The summed E-state index contributed by atoms with van der Waals surface area (Å²) in [5.41, 5.74) is 3.52.